The molecule has 0 aliphatic heterocycles. The molecule has 3 amide bonds. The van der Waals surface area contributed by atoms with E-state index >= 15 is 0 Å². The maximum absolute atomic E-state index is 11.7. The fraction of sp³-hybridized carbons (Fsp3) is 0.312. The van der Waals surface area contributed by atoms with E-state index in [0.29, 0.717) is 13.1 Å². The van der Waals surface area contributed by atoms with Crippen molar-refractivity contribution in [3.8, 4) is 11.3 Å². The fourth-order valence-corrected chi connectivity index (χ4v) is 2.60. The van der Waals surface area contributed by atoms with E-state index in [1.807, 2.05) is 35.7 Å². The first-order valence-corrected chi connectivity index (χ1v) is 8.16. The molecular weight excluding hydrogens is 312 g/mol. The number of nitrogens with zero attached hydrogens (tertiary/aromatic N) is 2. The molecule has 7 heteroatoms. The Bertz CT molecular complexity index is 655. The highest BCUT2D eigenvalue weighted by molar-refractivity contribution is 7.09. The second-order valence-corrected chi connectivity index (χ2v) is 6.08. The van der Waals surface area contributed by atoms with Crippen LogP contribution in [-0.2, 0) is 11.3 Å². The van der Waals surface area contributed by atoms with E-state index < -0.39 is 0 Å². The predicted molar refractivity (Wildman–Crippen MR) is 91.1 cm³/mol. The second kappa shape index (κ2) is 8.28. The number of thiazole rings is 1. The van der Waals surface area contributed by atoms with Crippen LogP contribution >= 0.6 is 11.3 Å². The topological polar surface area (TPSA) is 74.3 Å². The van der Waals surface area contributed by atoms with Crippen molar-refractivity contribution in [2.75, 3.05) is 20.6 Å². The molecule has 2 aromatic rings. The van der Waals surface area contributed by atoms with E-state index in [4.69, 9.17) is 0 Å². The van der Waals surface area contributed by atoms with Gasteiger partial charge in [-0.3, -0.25) is 4.79 Å². The molecule has 0 aliphatic carbocycles. The van der Waals surface area contributed by atoms with Crippen molar-refractivity contribution in [3.05, 3.63) is 40.7 Å². The molecule has 23 heavy (non-hydrogen) atoms. The van der Waals surface area contributed by atoms with Gasteiger partial charge in [0.2, 0.25) is 5.91 Å². The fourth-order valence-electron chi connectivity index (χ4n) is 1.86. The van der Waals surface area contributed by atoms with E-state index in [2.05, 4.69) is 15.6 Å². The average Bonchev–Trinajstić information content (AvgIpc) is 3.02. The number of carbonyl (C=O) groups is 2. The number of amides is 3. The molecule has 0 bridgehead atoms. The molecule has 1 aromatic carbocycles. The van der Waals surface area contributed by atoms with Gasteiger partial charge in [-0.15, -0.1) is 11.3 Å². The number of nitrogens with one attached hydrogen (secondary N) is 2. The van der Waals surface area contributed by atoms with E-state index in [0.717, 1.165) is 16.3 Å². The molecule has 2 rings (SSSR count). The Labute approximate surface area is 139 Å². The van der Waals surface area contributed by atoms with Crippen LogP contribution in [0.15, 0.2) is 35.7 Å². The lowest BCUT2D eigenvalue weighted by Gasteiger charge is -2.10. The summed E-state index contributed by atoms with van der Waals surface area (Å²) >= 11 is 1.50. The zero-order valence-electron chi connectivity index (χ0n) is 13.2. The monoisotopic (exact) mass is 332 g/mol. The third-order valence-electron chi connectivity index (χ3n) is 3.14. The Balaban J connectivity index is 1.75. The van der Waals surface area contributed by atoms with Crippen molar-refractivity contribution in [3.63, 3.8) is 0 Å². The summed E-state index contributed by atoms with van der Waals surface area (Å²) in [6.07, 6.45) is 0.288. The standard InChI is InChI=1S/C16H20N4O2S/c1-20(2)15(21)8-9-17-16(22)18-10-14-19-13(11-23-14)12-6-4-3-5-7-12/h3-7,11H,8-10H2,1-2H3,(H2,17,18,22). The number of hydrogen-bond donors (Lipinski definition) is 2. The molecule has 0 saturated carbocycles. The third kappa shape index (κ3) is 5.37. The first-order valence-electron chi connectivity index (χ1n) is 7.28. The van der Waals surface area contributed by atoms with Gasteiger partial charge in [0.05, 0.1) is 12.2 Å². The summed E-state index contributed by atoms with van der Waals surface area (Å²) in [6.45, 7) is 0.681. The highest BCUT2D eigenvalue weighted by Crippen LogP contribution is 2.21. The quantitative estimate of drug-likeness (QED) is 0.850. The number of urea groups is 1. The van der Waals surface area contributed by atoms with Crippen LogP contribution in [0, 0.1) is 0 Å². The van der Waals surface area contributed by atoms with Crippen molar-refractivity contribution in [1.29, 1.82) is 0 Å². The van der Waals surface area contributed by atoms with Crippen LogP contribution in [0.3, 0.4) is 0 Å². The Morgan fingerprint density at radius 3 is 2.61 bits per heavy atom. The maximum Gasteiger partial charge on any atom is 0.315 e. The van der Waals surface area contributed by atoms with Crippen LogP contribution < -0.4 is 10.6 Å². The van der Waals surface area contributed by atoms with Gasteiger partial charge < -0.3 is 15.5 Å². The van der Waals surface area contributed by atoms with Crippen LogP contribution in [0.25, 0.3) is 11.3 Å². The van der Waals surface area contributed by atoms with Crippen LogP contribution in [0.5, 0.6) is 0 Å². The molecule has 1 aromatic heterocycles. The minimum atomic E-state index is -0.298. The summed E-state index contributed by atoms with van der Waals surface area (Å²) in [7, 11) is 3.38. The van der Waals surface area contributed by atoms with Gasteiger partial charge in [0.1, 0.15) is 5.01 Å². The van der Waals surface area contributed by atoms with Gasteiger partial charge in [0.15, 0.2) is 0 Å². The van der Waals surface area contributed by atoms with Crippen molar-refractivity contribution in [2.24, 2.45) is 0 Å². The van der Waals surface area contributed by atoms with Gasteiger partial charge in [-0.25, -0.2) is 9.78 Å². The Hall–Kier alpha value is -2.41. The zero-order chi connectivity index (χ0) is 16.7. The summed E-state index contributed by atoms with van der Waals surface area (Å²) in [6, 6.07) is 9.60. The van der Waals surface area contributed by atoms with Crippen molar-refractivity contribution in [1.82, 2.24) is 20.5 Å². The number of hydrogen-bond acceptors (Lipinski definition) is 4. The van der Waals surface area contributed by atoms with Crippen LogP contribution in [0.2, 0.25) is 0 Å². The van der Waals surface area contributed by atoms with Gasteiger partial charge in [0.25, 0.3) is 0 Å². The normalized spacial score (nSPS) is 10.2. The first-order chi connectivity index (χ1) is 11.1. The lowest BCUT2D eigenvalue weighted by atomic mass is 10.2. The third-order valence-corrected chi connectivity index (χ3v) is 3.99. The Kier molecular flexibility index (Phi) is 6.10. The largest absolute Gasteiger partial charge is 0.349 e. The Morgan fingerprint density at radius 1 is 1.17 bits per heavy atom. The molecule has 122 valence electrons. The molecule has 0 aliphatic rings. The van der Waals surface area contributed by atoms with E-state index in [1.165, 1.54) is 16.2 Å². The van der Waals surface area contributed by atoms with Gasteiger partial charge in [-0.2, -0.15) is 0 Å². The van der Waals surface area contributed by atoms with Gasteiger partial charge >= 0.3 is 6.03 Å². The summed E-state index contributed by atoms with van der Waals surface area (Å²) < 4.78 is 0. The molecule has 0 radical (unpaired) electrons. The van der Waals surface area contributed by atoms with Gasteiger partial charge in [0, 0.05) is 38.0 Å². The Morgan fingerprint density at radius 2 is 1.91 bits per heavy atom. The number of rotatable bonds is 6. The number of aromatic nitrogens is 1. The molecular formula is C16H20N4O2S. The molecule has 2 N–H and O–H groups in total. The van der Waals surface area contributed by atoms with Crippen molar-refractivity contribution >= 4 is 23.3 Å². The van der Waals surface area contributed by atoms with E-state index in [9.17, 15) is 9.59 Å². The van der Waals surface area contributed by atoms with Crippen molar-refractivity contribution in [2.45, 2.75) is 13.0 Å². The van der Waals surface area contributed by atoms with Crippen molar-refractivity contribution < 1.29 is 9.59 Å². The minimum absolute atomic E-state index is 0.0160. The predicted octanol–water partition coefficient (Wildman–Crippen LogP) is 2.09. The van der Waals surface area contributed by atoms with E-state index in [-0.39, 0.29) is 18.4 Å². The second-order valence-electron chi connectivity index (χ2n) is 5.14. The van der Waals surface area contributed by atoms with E-state index in [1.54, 1.807) is 14.1 Å². The molecule has 6 nitrogen and oxygen atoms in total. The highest BCUT2D eigenvalue weighted by atomic mass is 32.1. The highest BCUT2D eigenvalue weighted by Gasteiger charge is 2.07. The van der Waals surface area contributed by atoms with Crippen LogP contribution in [0.4, 0.5) is 4.79 Å². The molecule has 0 unspecified atom stereocenters. The van der Waals surface area contributed by atoms with Gasteiger partial charge in [-0.1, -0.05) is 30.3 Å². The van der Waals surface area contributed by atoms with Crippen LogP contribution in [-0.4, -0.2) is 42.5 Å². The summed E-state index contributed by atoms with van der Waals surface area (Å²) in [5.41, 5.74) is 1.96. The molecule has 0 spiro atoms. The number of carbonyl (C=O) groups excluding carboxylic acids is 2. The van der Waals surface area contributed by atoms with Crippen LogP contribution in [0.1, 0.15) is 11.4 Å². The first kappa shape index (κ1) is 17.0. The lowest BCUT2D eigenvalue weighted by molar-refractivity contribution is -0.128. The zero-order valence-corrected chi connectivity index (χ0v) is 14.0. The summed E-state index contributed by atoms with van der Waals surface area (Å²) in [4.78, 5) is 29.1. The molecule has 0 atom stereocenters. The summed E-state index contributed by atoms with van der Waals surface area (Å²) in [5, 5.41) is 8.20. The number of benzene rings is 1. The maximum atomic E-state index is 11.7. The lowest BCUT2D eigenvalue weighted by Crippen LogP contribution is -2.37. The summed E-state index contributed by atoms with van der Waals surface area (Å²) in [5.74, 6) is -0.0160. The molecule has 1 heterocycles. The molecule has 0 fully saturated rings. The minimum Gasteiger partial charge on any atom is -0.349 e. The van der Waals surface area contributed by atoms with Gasteiger partial charge in [-0.05, 0) is 0 Å². The average molecular weight is 332 g/mol. The smallest absolute Gasteiger partial charge is 0.315 e. The molecule has 0 saturated heterocycles. The SMILES string of the molecule is CN(C)C(=O)CCNC(=O)NCc1nc(-c2ccccc2)cs1.